The Morgan fingerprint density at radius 3 is 2.50 bits per heavy atom. The molecular formula is C13H18F3N3O. The summed E-state index contributed by atoms with van der Waals surface area (Å²) in [6.45, 7) is 4.44. The van der Waals surface area contributed by atoms with E-state index in [9.17, 15) is 18.0 Å². The quantitative estimate of drug-likeness (QED) is 0.817. The highest BCUT2D eigenvalue weighted by Crippen LogP contribution is 2.35. The average molecular weight is 289 g/mol. The van der Waals surface area contributed by atoms with Gasteiger partial charge in [-0.15, -0.1) is 0 Å². The van der Waals surface area contributed by atoms with Gasteiger partial charge >= 0.3 is 6.18 Å². The normalized spacial score (nSPS) is 11.2. The van der Waals surface area contributed by atoms with E-state index in [2.05, 4.69) is 5.32 Å². The van der Waals surface area contributed by atoms with Gasteiger partial charge in [0, 0.05) is 24.5 Å². The molecular weight excluding hydrogens is 271 g/mol. The van der Waals surface area contributed by atoms with E-state index in [1.54, 1.807) is 18.7 Å². The third kappa shape index (κ3) is 4.04. The van der Waals surface area contributed by atoms with Gasteiger partial charge in [0.2, 0.25) is 5.91 Å². The predicted octanol–water partition coefficient (Wildman–Crippen LogP) is 2.25. The van der Waals surface area contributed by atoms with Gasteiger partial charge in [0.25, 0.3) is 0 Å². The lowest BCUT2D eigenvalue weighted by Crippen LogP contribution is -2.37. The molecule has 0 bridgehead atoms. The molecule has 0 unspecified atom stereocenters. The Balaban J connectivity index is 3.02. The van der Waals surface area contributed by atoms with Crippen LogP contribution in [-0.2, 0) is 11.0 Å². The van der Waals surface area contributed by atoms with E-state index in [0.29, 0.717) is 18.8 Å². The van der Waals surface area contributed by atoms with Crippen molar-refractivity contribution >= 4 is 17.3 Å². The number of benzene rings is 1. The molecule has 0 aliphatic carbocycles. The maximum atomic E-state index is 12.8. The highest BCUT2D eigenvalue weighted by Gasteiger charge is 2.33. The van der Waals surface area contributed by atoms with Crippen LogP contribution in [0.15, 0.2) is 18.2 Å². The Labute approximate surface area is 115 Å². The summed E-state index contributed by atoms with van der Waals surface area (Å²) in [5.41, 5.74) is 4.46. The zero-order valence-corrected chi connectivity index (χ0v) is 11.4. The lowest BCUT2D eigenvalue weighted by atomic mass is 10.1. The van der Waals surface area contributed by atoms with E-state index >= 15 is 0 Å². The summed E-state index contributed by atoms with van der Waals surface area (Å²) >= 11 is 0. The molecule has 0 heterocycles. The smallest absolute Gasteiger partial charge is 0.398 e. The molecule has 4 nitrogen and oxygen atoms in total. The first-order valence-electron chi connectivity index (χ1n) is 6.28. The van der Waals surface area contributed by atoms with Crippen molar-refractivity contribution in [2.75, 3.05) is 30.3 Å². The minimum Gasteiger partial charge on any atom is -0.398 e. The zero-order valence-electron chi connectivity index (χ0n) is 11.4. The fraction of sp³-hybridized carbons (Fsp3) is 0.462. The van der Waals surface area contributed by atoms with Crippen LogP contribution in [0.1, 0.15) is 19.4 Å². The van der Waals surface area contributed by atoms with E-state index in [1.165, 1.54) is 12.1 Å². The number of nitrogens with zero attached hydrogens (tertiary/aromatic N) is 1. The number of alkyl halides is 3. The maximum Gasteiger partial charge on any atom is 0.418 e. The number of nitrogen functional groups attached to an aromatic ring is 1. The summed E-state index contributed by atoms with van der Waals surface area (Å²) in [6, 6.07) is 3.66. The number of rotatable bonds is 5. The zero-order chi connectivity index (χ0) is 15.3. The van der Waals surface area contributed by atoms with Crippen molar-refractivity contribution in [1.82, 2.24) is 5.32 Å². The number of hydrogen-bond donors (Lipinski definition) is 2. The maximum absolute atomic E-state index is 12.8. The van der Waals surface area contributed by atoms with E-state index in [0.717, 1.165) is 6.07 Å². The molecule has 7 heteroatoms. The third-order valence-corrected chi connectivity index (χ3v) is 2.80. The van der Waals surface area contributed by atoms with E-state index in [4.69, 9.17) is 5.73 Å². The number of nitrogens with one attached hydrogen (secondary N) is 1. The van der Waals surface area contributed by atoms with Crippen molar-refractivity contribution < 1.29 is 18.0 Å². The molecule has 3 N–H and O–H groups in total. The van der Waals surface area contributed by atoms with E-state index in [-0.39, 0.29) is 18.1 Å². The molecule has 0 saturated carbocycles. The van der Waals surface area contributed by atoms with Crippen LogP contribution in [0.2, 0.25) is 0 Å². The molecule has 0 saturated heterocycles. The summed E-state index contributed by atoms with van der Waals surface area (Å²) in [6.07, 6.45) is -4.51. The summed E-state index contributed by atoms with van der Waals surface area (Å²) < 4.78 is 38.4. The number of likely N-dealkylation sites (N-methyl/N-ethyl adjacent to an activating group) is 2. The molecule has 0 aliphatic heterocycles. The van der Waals surface area contributed by atoms with Gasteiger partial charge in [0.1, 0.15) is 0 Å². The Morgan fingerprint density at radius 1 is 1.35 bits per heavy atom. The van der Waals surface area contributed by atoms with Crippen molar-refractivity contribution in [1.29, 1.82) is 0 Å². The van der Waals surface area contributed by atoms with Crippen LogP contribution in [0.5, 0.6) is 0 Å². The minimum atomic E-state index is -4.51. The van der Waals surface area contributed by atoms with Gasteiger partial charge < -0.3 is 16.0 Å². The van der Waals surface area contributed by atoms with Crippen molar-refractivity contribution in [2.24, 2.45) is 0 Å². The van der Waals surface area contributed by atoms with Crippen LogP contribution in [0.4, 0.5) is 24.5 Å². The van der Waals surface area contributed by atoms with Gasteiger partial charge in [0.05, 0.1) is 12.1 Å². The second-order valence-electron chi connectivity index (χ2n) is 4.24. The highest BCUT2D eigenvalue weighted by molar-refractivity contribution is 5.81. The van der Waals surface area contributed by atoms with E-state index < -0.39 is 11.7 Å². The SMILES string of the molecule is CCNC(=O)CN(CC)c1ccc(N)c(C(F)(F)F)c1. The van der Waals surface area contributed by atoms with Crippen LogP contribution in [0.25, 0.3) is 0 Å². The molecule has 112 valence electrons. The lowest BCUT2D eigenvalue weighted by molar-refractivity contribution is -0.136. The Hall–Kier alpha value is -1.92. The van der Waals surface area contributed by atoms with Gasteiger partial charge in [0.15, 0.2) is 0 Å². The van der Waals surface area contributed by atoms with Crippen LogP contribution in [0, 0.1) is 0 Å². The monoisotopic (exact) mass is 289 g/mol. The summed E-state index contributed by atoms with van der Waals surface area (Å²) in [5, 5.41) is 2.61. The number of halogens is 3. The number of nitrogens with two attached hydrogens (primary N) is 1. The molecule has 20 heavy (non-hydrogen) atoms. The van der Waals surface area contributed by atoms with Crippen LogP contribution >= 0.6 is 0 Å². The first-order chi connectivity index (χ1) is 9.29. The molecule has 1 rings (SSSR count). The van der Waals surface area contributed by atoms with Crippen LogP contribution in [0.3, 0.4) is 0 Å². The minimum absolute atomic E-state index is 0.00551. The highest BCUT2D eigenvalue weighted by atomic mass is 19.4. The van der Waals surface area contributed by atoms with Crippen LogP contribution in [-0.4, -0.2) is 25.5 Å². The van der Waals surface area contributed by atoms with Gasteiger partial charge in [-0.05, 0) is 32.0 Å². The molecule has 0 aromatic heterocycles. The first kappa shape index (κ1) is 16.1. The number of amides is 1. The molecule has 0 radical (unpaired) electrons. The molecule has 0 fully saturated rings. The molecule has 1 amide bonds. The fourth-order valence-corrected chi connectivity index (χ4v) is 1.80. The first-order valence-corrected chi connectivity index (χ1v) is 6.28. The fourth-order valence-electron chi connectivity index (χ4n) is 1.80. The molecule has 0 aliphatic rings. The number of carbonyl (C=O) groups excluding carboxylic acids is 1. The van der Waals surface area contributed by atoms with Gasteiger partial charge in [-0.3, -0.25) is 4.79 Å². The van der Waals surface area contributed by atoms with Crippen molar-refractivity contribution in [3.8, 4) is 0 Å². The van der Waals surface area contributed by atoms with Gasteiger partial charge in [-0.2, -0.15) is 13.2 Å². The van der Waals surface area contributed by atoms with Crippen molar-refractivity contribution in [2.45, 2.75) is 20.0 Å². The van der Waals surface area contributed by atoms with Gasteiger partial charge in [-0.25, -0.2) is 0 Å². The number of carbonyl (C=O) groups is 1. The summed E-state index contributed by atoms with van der Waals surface area (Å²) in [5.74, 6) is -0.236. The third-order valence-electron chi connectivity index (χ3n) is 2.80. The average Bonchev–Trinajstić information content (AvgIpc) is 2.35. The summed E-state index contributed by atoms with van der Waals surface area (Å²) in [7, 11) is 0. The standard InChI is InChI=1S/C13H18F3N3O/c1-3-18-12(20)8-19(4-2)9-5-6-11(17)10(7-9)13(14,15)16/h5-7H,3-4,8,17H2,1-2H3,(H,18,20). The molecule has 1 aromatic carbocycles. The van der Waals surface area contributed by atoms with Crippen molar-refractivity contribution in [3.05, 3.63) is 23.8 Å². The van der Waals surface area contributed by atoms with Crippen molar-refractivity contribution in [3.63, 3.8) is 0 Å². The van der Waals surface area contributed by atoms with Gasteiger partial charge in [-0.1, -0.05) is 0 Å². The second kappa shape index (κ2) is 6.49. The topological polar surface area (TPSA) is 58.4 Å². The molecule has 1 aromatic rings. The Morgan fingerprint density at radius 2 is 2.00 bits per heavy atom. The predicted molar refractivity (Wildman–Crippen MR) is 72.4 cm³/mol. The Bertz CT molecular complexity index is 474. The summed E-state index contributed by atoms with van der Waals surface area (Å²) in [4.78, 5) is 13.1. The van der Waals surface area contributed by atoms with Crippen LogP contribution < -0.4 is 16.0 Å². The number of hydrogen-bond acceptors (Lipinski definition) is 3. The largest absolute Gasteiger partial charge is 0.418 e. The van der Waals surface area contributed by atoms with E-state index in [1.807, 2.05) is 0 Å². The second-order valence-corrected chi connectivity index (χ2v) is 4.24. The Kier molecular flexibility index (Phi) is 5.24. The molecule has 0 spiro atoms. The number of anilines is 2. The lowest BCUT2D eigenvalue weighted by Gasteiger charge is -2.24. The molecule has 0 atom stereocenters.